The summed E-state index contributed by atoms with van der Waals surface area (Å²) in [6, 6.07) is 24.0. The maximum Gasteiger partial charge on any atom is 0.178 e. The van der Waals surface area contributed by atoms with Gasteiger partial charge < -0.3 is 9.47 Å². The molecule has 0 saturated heterocycles. The van der Waals surface area contributed by atoms with E-state index in [9.17, 15) is 4.79 Å². The molecule has 3 nitrogen and oxygen atoms in total. The van der Waals surface area contributed by atoms with Crippen LogP contribution in [0, 0.1) is 0 Å². The number of carbonyl (C=O) groups is 1. The SMILES string of the molecule is COc1ccc2cc(/C=C/C(=O)/C=C/c3ccc4cc(OC)ccc4c3)ccc2c1. The van der Waals surface area contributed by atoms with E-state index in [1.54, 1.807) is 26.4 Å². The number of allylic oxidation sites excluding steroid dienone is 2. The molecule has 0 aliphatic heterocycles. The first-order valence-electron chi connectivity index (χ1n) is 9.70. The Morgan fingerprint density at radius 3 is 1.43 bits per heavy atom. The molecule has 4 aromatic carbocycles. The summed E-state index contributed by atoms with van der Waals surface area (Å²) in [7, 11) is 3.32. The molecule has 0 fully saturated rings. The molecule has 0 atom stereocenters. The number of fused-ring (bicyclic) bond motifs is 2. The average Bonchev–Trinajstić information content (AvgIpc) is 2.80. The van der Waals surface area contributed by atoms with Gasteiger partial charge >= 0.3 is 0 Å². The lowest BCUT2D eigenvalue weighted by Crippen LogP contribution is -1.86. The first-order chi connectivity index (χ1) is 14.6. The van der Waals surface area contributed by atoms with Crippen LogP contribution in [0.3, 0.4) is 0 Å². The molecule has 0 aliphatic rings. The van der Waals surface area contributed by atoms with E-state index >= 15 is 0 Å². The third kappa shape index (κ3) is 4.41. The second kappa shape index (κ2) is 8.66. The minimum Gasteiger partial charge on any atom is -0.497 e. The Kier molecular flexibility index (Phi) is 5.62. The summed E-state index contributed by atoms with van der Waals surface area (Å²) < 4.78 is 10.5. The van der Waals surface area contributed by atoms with E-state index in [1.807, 2.05) is 72.8 Å². The van der Waals surface area contributed by atoms with Crippen molar-refractivity contribution in [3.63, 3.8) is 0 Å². The van der Waals surface area contributed by atoms with Crippen molar-refractivity contribution >= 4 is 39.5 Å². The molecular formula is C27H22O3. The van der Waals surface area contributed by atoms with Crippen molar-refractivity contribution in [2.75, 3.05) is 14.2 Å². The number of ether oxygens (including phenoxy) is 2. The van der Waals surface area contributed by atoms with Crippen molar-refractivity contribution in [2.24, 2.45) is 0 Å². The summed E-state index contributed by atoms with van der Waals surface area (Å²) in [4.78, 5) is 12.3. The van der Waals surface area contributed by atoms with Crippen molar-refractivity contribution < 1.29 is 14.3 Å². The highest BCUT2D eigenvalue weighted by Crippen LogP contribution is 2.23. The van der Waals surface area contributed by atoms with E-state index in [2.05, 4.69) is 12.1 Å². The first kappa shape index (κ1) is 19.5. The van der Waals surface area contributed by atoms with Gasteiger partial charge in [0.05, 0.1) is 14.2 Å². The number of benzene rings is 4. The van der Waals surface area contributed by atoms with Gasteiger partial charge in [0.1, 0.15) is 11.5 Å². The van der Waals surface area contributed by atoms with Gasteiger partial charge in [-0.15, -0.1) is 0 Å². The smallest absolute Gasteiger partial charge is 0.178 e. The van der Waals surface area contributed by atoms with Gasteiger partial charge in [-0.25, -0.2) is 0 Å². The summed E-state index contributed by atoms with van der Waals surface area (Å²) in [5.74, 6) is 1.61. The van der Waals surface area contributed by atoms with Crippen LogP contribution in [-0.2, 0) is 4.79 Å². The molecule has 0 radical (unpaired) electrons. The molecule has 3 heteroatoms. The van der Waals surface area contributed by atoms with E-state index < -0.39 is 0 Å². The van der Waals surface area contributed by atoms with Gasteiger partial charge in [-0.2, -0.15) is 0 Å². The highest BCUT2D eigenvalue weighted by Gasteiger charge is 1.99. The Morgan fingerprint density at radius 2 is 1.00 bits per heavy atom. The van der Waals surface area contributed by atoms with Gasteiger partial charge in [-0.1, -0.05) is 48.6 Å². The molecule has 148 valence electrons. The predicted octanol–water partition coefficient (Wildman–Crippen LogP) is 6.31. The van der Waals surface area contributed by atoms with Crippen LogP contribution in [0.2, 0.25) is 0 Å². The average molecular weight is 394 g/mol. The van der Waals surface area contributed by atoms with Crippen molar-refractivity contribution in [1.82, 2.24) is 0 Å². The maximum absolute atomic E-state index is 12.3. The van der Waals surface area contributed by atoms with Gasteiger partial charge in [0, 0.05) is 0 Å². The predicted molar refractivity (Wildman–Crippen MR) is 124 cm³/mol. The van der Waals surface area contributed by atoms with E-state index in [4.69, 9.17) is 9.47 Å². The molecule has 0 spiro atoms. The second-order valence-electron chi connectivity index (χ2n) is 7.01. The Morgan fingerprint density at radius 1 is 0.600 bits per heavy atom. The number of rotatable bonds is 6. The lowest BCUT2D eigenvalue weighted by Gasteiger charge is -2.03. The minimum absolute atomic E-state index is 0.0559. The molecule has 0 bridgehead atoms. The van der Waals surface area contributed by atoms with Gasteiger partial charge in [0.25, 0.3) is 0 Å². The number of methoxy groups -OCH3 is 2. The molecule has 4 rings (SSSR count). The largest absolute Gasteiger partial charge is 0.497 e. The van der Waals surface area contributed by atoms with E-state index in [-0.39, 0.29) is 5.78 Å². The fourth-order valence-electron chi connectivity index (χ4n) is 3.36. The van der Waals surface area contributed by atoms with Crippen LogP contribution < -0.4 is 9.47 Å². The van der Waals surface area contributed by atoms with Crippen molar-refractivity contribution in [1.29, 1.82) is 0 Å². The van der Waals surface area contributed by atoms with E-state index in [0.717, 1.165) is 44.2 Å². The summed E-state index contributed by atoms with van der Waals surface area (Å²) in [5.41, 5.74) is 1.96. The second-order valence-corrected chi connectivity index (χ2v) is 7.01. The summed E-state index contributed by atoms with van der Waals surface area (Å²) in [6.07, 6.45) is 6.85. The van der Waals surface area contributed by atoms with Crippen LogP contribution in [0.5, 0.6) is 11.5 Å². The molecule has 0 aliphatic carbocycles. The zero-order chi connectivity index (χ0) is 20.9. The highest BCUT2D eigenvalue weighted by molar-refractivity contribution is 6.05. The Hall–Kier alpha value is -3.85. The Labute approximate surface area is 175 Å². The topological polar surface area (TPSA) is 35.5 Å². The summed E-state index contributed by atoms with van der Waals surface area (Å²) in [6.45, 7) is 0. The van der Waals surface area contributed by atoms with Crippen LogP contribution in [0.15, 0.2) is 84.9 Å². The lowest BCUT2D eigenvalue weighted by atomic mass is 10.1. The molecule has 0 amide bonds. The summed E-state index contributed by atoms with van der Waals surface area (Å²) in [5, 5.41) is 4.42. The number of ketones is 1. The van der Waals surface area contributed by atoms with E-state index in [0.29, 0.717) is 0 Å². The first-order valence-corrected chi connectivity index (χ1v) is 9.70. The number of hydrogen-bond acceptors (Lipinski definition) is 3. The quantitative estimate of drug-likeness (QED) is 0.360. The third-order valence-corrected chi connectivity index (χ3v) is 5.02. The van der Waals surface area contributed by atoms with Gasteiger partial charge in [-0.3, -0.25) is 4.79 Å². The highest BCUT2D eigenvalue weighted by atomic mass is 16.5. The Balaban J connectivity index is 1.47. The van der Waals surface area contributed by atoms with Gasteiger partial charge in [0.2, 0.25) is 0 Å². The molecule has 0 saturated carbocycles. The van der Waals surface area contributed by atoms with Gasteiger partial charge in [0.15, 0.2) is 5.78 Å². The molecule has 0 unspecified atom stereocenters. The fraction of sp³-hybridized carbons (Fsp3) is 0.0741. The molecular weight excluding hydrogens is 372 g/mol. The zero-order valence-electron chi connectivity index (χ0n) is 17.0. The number of hydrogen-bond donors (Lipinski definition) is 0. The zero-order valence-corrected chi connectivity index (χ0v) is 17.0. The normalized spacial score (nSPS) is 11.5. The third-order valence-electron chi connectivity index (χ3n) is 5.02. The lowest BCUT2D eigenvalue weighted by molar-refractivity contribution is -0.110. The van der Waals surface area contributed by atoms with Crippen molar-refractivity contribution in [3.05, 3.63) is 96.1 Å². The van der Waals surface area contributed by atoms with Crippen LogP contribution in [-0.4, -0.2) is 20.0 Å². The fourth-order valence-corrected chi connectivity index (χ4v) is 3.36. The molecule has 0 N–H and O–H groups in total. The van der Waals surface area contributed by atoms with E-state index in [1.165, 1.54) is 0 Å². The Bertz CT molecular complexity index is 1180. The van der Waals surface area contributed by atoms with Crippen LogP contribution >= 0.6 is 0 Å². The maximum atomic E-state index is 12.3. The van der Waals surface area contributed by atoms with Crippen LogP contribution in [0.1, 0.15) is 11.1 Å². The van der Waals surface area contributed by atoms with Crippen LogP contribution in [0.4, 0.5) is 0 Å². The molecule has 30 heavy (non-hydrogen) atoms. The standard InChI is InChI=1S/C27H22O3/c1-29-26-13-9-21-15-19(3-7-23(21)17-26)5-11-25(28)12-6-20-4-8-24-18-27(30-2)14-10-22(24)16-20/h3-18H,1-2H3/b11-5+,12-6+. The van der Waals surface area contributed by atoms with Crippen molar-refractivity contribution in [3.8, 4) is 11.5 Å². The van der Waals surface area contributed by atoms with Crippen molar-refractivity contribution in [2.45, 2.75) is 0 Å². The van der Waals surface area contributed by atoms with Gasteiger partial charge in [-0.05, 0) is 81.2 Å². The molecule has 0 heterocycles. The summed E-state index contributed by atoms with van der Waals surface area (Å²) >= 11 is 0. The molecule has 0 aromatic heterocycles. The monoisotopic (exact) mass is 394 g/mol. The number of carbonyl (C=O) groups excluding carboxylic acids is 1. The minimum atomic E-state index is -0.0559. The van der Waals surface area contributed by atoms with Crippen LogP contribution in [0.25, 0.3) is 33.7 Å². The molecule has 4 aromatic rings.